The first-order valence-electron chi connectivity index (χ1n) is 6.84. The van der Waals surface area contributed by atoms with E-state index in [-0.39, 0.29) is 5.43 Å². The maximum absolute atomic E-state index is 12.4. The average Bonchev–Trinajstić information content (AvgIpc) is 2.89. The summed E-state index contributed by atoms with van der Waals surface area (Å²) in [6, 6.07) is 12.3. The third kappa shape index (κ3) is 1.94. The van der Waals surface area contributed by atoms with Crippen LogP contribution in [-0.4, -0.2) is 0 Å². The Balaban J connectivity index is 2.12. The van der Waals surface area contributed by atoms with Gasteiger partial charge in [-0.05, 0) is 36.8 Å². The Labute approximate surface area is 130 Å². The molecule has 0 saturated heterocycles. The molecule has 0 spiro atoms. The highest BCUT2D eigenvalue weighted by Gasteiger charge is 2.13. The highest BCUT2D eigenvalue weighted by Crippen LogP contribution is 2.31. The molecular formula is C18H11ClO3. The van der Waals surface area contributed by atoms with Crippen molar-refractivity contribution in [3.63, 3.8) is 0 Å². The minimum Gasteiger partial charge on any atom is -0.464 e. The first-order valence-corrected chi connectivity index (χ1v) is 7.22. The van der Waals surface area contributed by atoms with E-state index in [4.69, 9.17) is 20.4 Å². The zero-order chi connectivity index (χ0) is 15.3. The Morgan fingerprint density at radius 2 is 1.95 bits per heavy atom. The first kappa shape index (κ1) is 13.2. The zero-order valence-corrected chi connectivity index (χ0v) is 12.5. The fraction of sp³-hybridized carbons (Fsp3) is 0.0556. The number of halogens is 1. The molecule has 0 aliphatic heterocycles. The summed E-state index contributed by atoms with van der Waals surface area (Å²) in [5.41, 5.74) is 2.87. The molecule has 2 aromatic carbocycles. The predicted molar refractivity (Wildman–Crippen MR) is 87.4 cm³/mol. The summed E-state index contributed by atoms with van der Waals surface area (Å²) in [6.45, 7) is 1.93. The van der Waals surface area contributed by atoms with Crippen LogP contribution in [0.25, 0.3) is 33.3 Å². The van der Waals surface area contributed by atoms with Crippen LogP contribution >= 0.6 is 11.6 Å². The molecule has 0 saturated carbocycles. The van der Waals surface area contributed by atoms with Gasteiger partial charge in [0.2, 0.25) is 0 Å². The van der Waals surface area contributed by atoms with Crippen LogP contribution in [0.2, 0.25) is 5.02 Å². The van der Waals surface area contributed by atoms with Crippen molar-refractivity contribution in [2.45, 2.75) is 6.92 Å². The molecule has 0 aliphatic carbocycles. The van der Waals surface area contributed by atoms with Gasteiger partial charge in [0.05, 0.1) is 17.0 Å². The SMILES string of the molecule is Cc1coc2ccc3c(=O)cc(-c4cccc(Cl)c4)oc3c12. The standard InChI is InChI=1S/C18H11ClO3/c1-10-9-21-15-6-5-13-14(20)8-16(22-18(13)17(10)15)11-3-2-4-12(19)7-11/h2-9H,1H3. The highest BCUT2D eigenvalue weighted by molar-refractivity contribution is 6.30. The van der Waals surface area contributed by atoms with Crippen molar-refractivity contribution in [3.05, 3.63) is 69.5 Å². The molecule has 0 atom stereocenters. The monoisotopic (exact) mass is 310 g/mol. The van der Waals surface area contributed by atoms with Gasteiger partial charge in [-0.3, -0.25) is 4.79 Å². The lowest BCUT2D eigenvalue weighted by atomic mass is 10.1. The predicted octanol–water partition coefficient (Wildman–Crippen LogP) is 5.17. The molecule has 0 fully saturated rings. The molecule has 0 N–H and O–H groups in total. The van der Waals surface area contributed by atoms with Gasteiger partial charge in [-0.1, -0.05) is 23.7 Å². The van der Waals surface area contributed by atoms with E-state index in [0.717, 1.165) is 16.5 Å². The van der Waals surface area contributed by atoms with Gasteiger partial charge in [0.15, 0.2) is 5.43 Å². The van der Waals surface area contributed by atoms with Crippen molar-refractivity contribution < 1.29 is 8.83 Å². The van der Waals surface area contributed by atoms with E-state index in [9.17, 15) is 4.79 Å². The van der Waals surface area contributed by atoms with E-state index in [0.29, 0.717) is 27.3 Å². The van der Waals surface area contributed by atoms with Crippen LogP contribution < -0.4 is 5.43 Å². The van der Waals surface area contributed by atoms with Gasteiger partial charge < -0.3 is 8.83 Å². The van der Waals surface area contributed by atoms with Crippen molar-refractivity contribution in [1.82, 2.24) is 0 Å². The number of aryl methyl sites for hydroxylation is 1. The van der Waals surface area contributed by atoms with Crippen LogP contribution in [0.3, 0.4) is 0 Å². The largest absolute Gasteiger partial charge is 0.464 e. The summed E-state index contributed by atoms with van der Waals surface area (Å²) < 4.78 is 11.5. The van der Waals surface area contributed by atoms with Gasteiger partial charge in [0.25, 0.3) is 0 Å². The Morgan fingerprint density at radius 3 is 2.77 bits per heavy atom. The minimum atomic E-state index is -0.0845. The zero-order valence-electron chi connectivity index (χ0n) is 11.7. The Morgan fingerprint density at radius 1 is 1.09 bits per heavy atom. The molecule has 0 amide bonds. The van der Waals surface area contributed by atoms with E-state index in [1.165, 1.54) is 6.07 Å². The second-order valence-electron chi connectivity index (χ2n) is 5.22. The van der Waals surface area contributed by atoms with Crippen molar-refractivity contribution >= 4 is 33.5 Å². The topological polar surface area (TPSA) is 43.4 Å². The number of rotatable bonds is 1. The van der Waals surface area contributed by atoms with Crippen LogP contribution in [-0.2, 0) is 0 Å². The molecule has 0 bridgehead atoms. The summed E-state index contributed by atoms with van der Waals surface area (Å²) in [7, 11) is 0. The van der Waals surface area contributed by atoms with Crippen LogP contribution in [0.15, 0.2) is 62.4 Å². The molecule has 0 radical (unpaired) electrons. The van der Waals surface area contributed by atoms with Gasteiger partial charge in [-0.25, -0.2) is 0 Å². The van der Waals surface area contributed by atoms with Crippen molar-refractivity contribution in [2.24, 2.45) is 0 Å². The van der Waals surface area contributed by atoms with Crippen molar-refractivity contribution in [1.29, 1.82) is 0 Å². The third-order valence-corrected chi connectivity index (χ3v) is 3.96. The lowest BCUT2D eigenvalue weighted by Crippen LogP contribution is -2.00. The molecule has 0 unspecified atom stereocenters. The average molecular weight is 311 g/mol. The molecule has 108 valence electrons. The number of hydrogen-bond acceptors (Lipinski definition) is 3. The van der Waals surface area contributed by atoms with E-state index in [1.807, 2.05) is 19.1 Å². The van der Waals surface area contributed by atoms with E-state index >= 15 is 0 Å². The second kappa shape index (κ2) is 4.75. The lowest BCUT2D eigenvalue weighted by Gasteiger charge is -2.05. The summed E-state index contributed by atoms with van der Waals surface area (Å²) >= 11 is 6.02. The van der Waals surface area contributed by atoms with E-state index < -0.39 is 0 Å². The fourth-order valence-corrected chi connectivity index (χ4v) is 2.86. The highest BCUT2D eigenvalue weighted by atomic mass is 35.5. The Hall–Kier alpha value is -2.52. The lowest BCUT2D eigenvalue weighted by molar-refractivity contribution is 0.610. The minimum absolute atomic E-state index is 0.0845. The molecule has 4 rings (SSSR count). The van der Waals surface area contributed by atoms with Crippen LogP contribution in [0.1, 0.15) is 5.56 Å². The maximum Gasteiger partial charge on any atom is 0.193 e. The van der Waals surface area contributed by atoms with Crippen molar-refractivity contribution in [3.8, 4) is 11.3 Å². The molecule has 2 heterocycles. The van der Waals surface area contributed by atoms with Gasteiger partial charge in [0, 0.05) is 16.7 Å². The molecular weight excluding hydrogens is 300 g/mol. The Kier molecular flexibility index (Phi) is 2.84. The smallest absolute Gasteiger partial charge is 0.193 e. The van der Waals surface area contributed by atoms with E-state index in [2.05, 4.69) is 0 Å². The number of benzene rings is 2. The third-order valence-electron chi connectivity index (χ3n) is 3.73. The van der Waals surface area contributed by atoms with Crippen molar-refractivity contribution in [2.75, 3.05) is 0 Å². The van der Waals surface area contributed by atoms with Crippen LogP contribution in [0, 0.1) is 6.92 Å². The van der Waals surface area contributed by atoms with Crippen LogP contribution in [0.4, 0.5) is 0 Å². The molecule has 4 aromatic rings. The second-order valence-corrected chi connectivity index (χ2v) is 5.66. The number of furan rings is 1. The molecule has 2 aromatic heterocycles. The van der Waals surface area contributed by atoms with Gasteiger partial charge in [0.1, 0.15) is 16.9 Å². The molecule has 3 nitrogen and oxygen atoms in total. The summed E-state index contributed by atoms with van der Waals surface area (Å²) in [4.78, 5) is 12.4. The van der Waals surface area contributed by atoms with Crippen LogP contribution in [0.5, 0.6) is 0 Å². The Bertz CT molecular complexity index is 1070. The molecule has 0 aliphatic rings. The van der Waals surface area contributed by atoms with Gasteiger partial charge in [-0.2, -0.15) is 0 Å². The summed E-state index contributed by atoms with van der Waals surface area (Å²) in [5, 5.41) is 1.97. The quantitative estimate of drug-likeness (QED) is 0.487. The molecule has 22 heavy (non-hydrogen) atoms. The number of hydrogen-bond donors (Lipinski definition) is 0. The maximum atomic E-state index is 12.4. The summed E-state index contributed by atoms with van der Waals surface area (Å²) in [5.74, 6) is 0.494. The van der Waals surface area contributed by atoms with Gasteiger partial charge >= 0.3 is 0 Å². The first-order chi connectivity index (χ1) is 10.6. The van der Waals surface area contributed by atoms with Gasteiger partial charge in [-0.15, -0.1) is 0 Å². The van der Waals surface area contributed by atoms with E-state index in [1.54, 1.807) is 30.5 Å². The normalized spacial score (nSPS) is 11.4. The number of fused-ring (bicyclic) bond motifs is 3. The molecule has 4 heteroatoms. The summed E-state index contributed by atoms with van der Waals surface area (Å²) in [6.07, 6.45) is 1.66. The fourth-order valence-electron chi connectivity index (χ4n) is 2.67.